The highest BCUT2D eigenvalue weighted by Gasteiger charge is 2.37. The summed E-state index contributed by atoms with van der Waals surface area (Å²) in [6.45, 7) is 4.23. The van der Waals surface area contributed by atoms with Gasteiger partial charge in [-0.1, -0.05) is 50.6 Å². The number of rotatable bonds is 5. The molecule has 1 aromatic carbocycles. The molecule has 1 aromatic rings. The Balaban J connectivity index is 2.36. The average Bonchev–Trinajstić information content (AvgIpc) is 2.41. The van der Waals surface area contributed by atoms with Gasteiger partial charge in [0.05, 0.1) is 5.57 Å². The van der Waals surface area contributed by atoms with Crippen LogP contribution in [-0.4, -0.2) is 12.1 Å². The second-order valence-electron chi connectivity index (χ2n) is 4.66. The fraction of sp³-hybridized carbons (Fsp3) is 0.438. The normalized spacial score (nSPS) is 21.2. The highest BCUT2D eigenvalue weighted by Crippen LogP contribution is 2.34. The van der Waals surface area contributed by atoms with Crippen LogP contribution in [0.5, 0.6) is 0 Å². The van der Waals surface area contributed by atoms with E-state index in [9.17, 15) is 4.79 Å². The van der Waals surface area contributed by atoms with Crippen LogP contribution in [0.3, 0.4) is 0 Å². The quantitative estimate of drug-likeness (QED) is 0.578. The summed E-state index contributed by atoms with van der Waals surface area (Å²) < 4.78 is 5.19. The van der Waals surface area contributed by atoms with Crippen molar-refractivity contribution in [2.45, 2.75) is 45.6 Å². The Hall–Kier alpha value is -1.57. The molecule has 2 heteroatoms. The number of allylic oxidation sites excluding steroid dienone is 1. The number of benzene rings is 1. The van der Waals surface area contributed by atoms with E-state index >= 15 is 0 Å². The van der Waals surface area contributed by atoms with Gasteiger partial charge in [-0.3, -0.25) is 0 Å². The standard InChI is InChI=1S/C16H20O2/c1-3-5-11-13(12-9-7-6-8-10-12)15-14(4-2)18-16(15)17/h6-10,14H,3-5,11H2,1-2H3/b15-13-/t14-/m0/s1. The fourth-order valence-corrected chi connectivity index (χ4v) is 2.36. The van der Waals surface area contributed by atoms with Gasteiger partial charge >= 0.3 is 5.97 Å². The Morgan fingerprint density at radius 1 is 1.22 bits per heavy atom. The summed E-state index contributed by atoms with van der Waals surface area (Å²) in [5.74, 6) is -0.128. The molecule has 2 nitrogen and oxygen atoms in total. The molecule has 1 atom stereocenters. The third-order valence-corrected chi connectivity index (χ3v) is 3.39. The summed E-state index contributed by atoms with van der Waals surface area (Å²) in [5, 5.41) is 0. The van der Waals surface area contributed by atoms with Gasteiger partial charge in [0.1, 0.15) is 6.10 Å². The lowest BCUT2D eigenvalue weighted by atomic mass is 9.89. The minimum atomic E-state index is -0.128. The lowest BCUT2D eigenvalue weighted by molar-refractivity contribution is -0.155. The molecule has 1 aliphatic heterocycles. The molecule has 1 aliphatic rings. The maximum atomic E-state index is 11.7. The van der Waals surface area contributed by atoms with Gasteiger partial charge in [-0.05, 0) is 30.4 Å². The average molecular weight is 244 g/mol. The van der Waals surface area contributed by atoms with Crippen LogP contribution in [0.15, 0.2) is 35.9 Å². The summed E-state index contributed by atoms with van der Waals surface area (Å²) in [6.07, 6.45) is 4.07. The summed E-state index contributed by atoms with van der Waals surface area (Å²) in [5.41, 5.74) is 3.24. The number of carbonyl (C=O) groups excluding carboxylic acids is 1. The van der Waals surface area contributed by atoms with Crippen LogP contribution in [-0.2, 0) is 9.53 Å². The van der Waals surface area contributed by atoms with Crippen molar-refractivity contribution >= 4 is 11.5 Å². The first-order valence-corrected chi connectivity index (χ1v) is 6.77. The van der Waals surface area contributed by atoms with E-state index < -0.39 is 0 Å². The molecular formula is C16H20O2. The fourth-order valence-electron chi connectivity index (χ4n) is 2.36. The number of hydrogen-bond acceptors (Lipinski definition) is 2. The first kappa shape index (κ1) is 12.9. The number of unbranched alkanes of at least 4 members (excludes halogenated alkanes) is 1. The van der Waals surface area contributed by atoms with Crippen molar-refractivity contribution in [3.63, 3.8) is 0 Å². The van der Waals surface area contributed by atoms with Gasteiger partial charge in [-0.15, -0.1) is 0 Å². The molecule has 0 bridgehead atoms. The van der Waals surface area contributed by atoms with Crippen molar-refractivity contribution in [1.82, 2.24) is 0 Å². The molecule has 0 aliphatic carbocycles. The molecule has 1 heterocycles. The van der Waals surface area contributed by atoms with E-state index in [-0.39, 0.29) is 12.1 Å². The van der Waals surface area contributed by atoms with Crippen molar-refractivity contribution in [3.8, 4) is 0 Å². The zero-order chi connectivity index (χ0) is 13.0. The van der Waals surface area contributed by atoms with Gasteiger partial charge < -0.3 is 4.74 Å². The maximum Gasteiger partial charge on any atom is 0.338 e. The smallest absolute Gasteiger partial charge is 0.338 e. The van der Waals surface area contributed by atoms with Gasteiger partial charge in [0.25, 0.3) is 0 Å². The number of esters is 1. The lowest BCUT2D eigenvalue weighted by Crippen LogP contribution is -2.37. The minimum absolute atomic E-state index is 0.00422. The molecule has 18 heavy (non-hydrogen) atoms. The highest BCUT2D eigenvalue weighted by atomic mass is 16.6. The topological polar surface area (TPSA) is 26.3 Å². The second-order valence-corrected chi connectivity index (χ2v) is 4.66. The Morgan fingerprint density at radius 3 is 2.50 bits per heavy atom. The molecule has 0 N–H and O–H groups in total. The van der Waals surface area contributed by atoms with Crippen molar-refractivity contribution in [3.05, 3.63) is 41.5 Å². The Bertz CT molecular complexity index is 445. The largest absolute Gasteiger partial charge is 0.454 e. The molecule has 0 aromatic heterocycles. The van der Waals surface area contributed by atoms with Crippen molar-refractivity contribution in [1.29, 1.82) is 0 Å². The Labute approximate surface area is 109 Å². The van der Waals surface area contributed by atoms with Gasteiger partial charge in [0, 0.05) is 0 Å². The van der Waals surface area contributed by atoms with E-state index in [0.717, 1.165) is 36.8 Å². The summed E-state index contributed by atoms with van der Waals surface area (Å²) in [6, 6.07) is 10.2. The third kappa shape index (κ3) is 2.47. The molecule has 0 amide bonds. The number of hydrogen-bond donors (Lipinski definition) is 0. The molecule has 0 spiro atoms. The van der Waals surface area contributed by atoms with Crippen LogP contribution in [0.1, 0.15) is 45.1 Å². The van der Waals surface area contributed by atoms with Crippen LogP contribution in [0.4, 0.5) is 0 Å². The van der Waals surface area contributed by atoms with Crippen LogP contribution in [0.2, 0.25) is 0 Å². The van der Waals surface area contributed by atoms with Gasteiger partial charge in [-0.2, -0.15) is 0 Å². The van der Waals surface area contributed by atoms with E-state index in [1.165, 1.54) is 5.57 Å². The number of ether oxygens (including phenoxy) is 1. The molecule has 0 radical (unpaired) electrons. The van der Waals surface area contributed by atoms with Gasteiger partial charge in [-0.25, -0.2) is 4.79 Å². The molecule has 1 saturated heterocycles. The Kier molecular flexibility index (Phi) is 4.19. The van der Waals surface area contributed by atoms with E-state index in [0.29, 0.717) is 0 Å². The number of cyclic esters (lactones) is 1. The molecule has 1 fully saturated rings. The second kappa shape index (κ2) is 5.85. The van der Waals surface area contributed by atoms with Crippen molar-refractivity contribution in [2.24, 2.45) is 0 Å². The lowest BCUT2D eigenvalue weighted by Gasteiger charge is -2.31. The first-order chi connectivity index (χ1) is 8.77. The van der Waals surface area contributed by atoms with Crippen LogP contribution >= 0.6 is 0 Å². The SMILES string of the molecule is CCCC/C(=C1/C(=O)O[C@H]1CC)c1ccccc1. The monoisotopic (exact) mass is 244 g/mol. The summed E-state index contributed by atoms with van der Waals surface area (Å²) in [7, 11) is 0. The predicted octanol–water partition coefficient (Wildman–Crippen LogP) is 3.97. The van der Waals surface area contributed by atoms with E-state index in [4.69, 9.17) is 4.74 Å². The van der Waals surface area contributed by atoms with Crippen molar-refractivity contribution < 1.29 is 9.53 Å². The molecular weight excluding hydrogens is 224 g/mol. The minimum Gasteiger partial charge on any atom is -0.454 e. The first-order valence-electron chi connectivity index (χ1n) is 6.77. The van der Waals surface area contributed by atoms with E-state index in [1.54, 1.807) is 0 Å². The number of carbonyl (C=O) groups is 1. The van der Waals surface area contributed by atoms with E-state index in [1.807, 2.05) is 18.2 Å². The van der Waals surface area contributed by atoms with Gasteiger partial charge in [0.2, 0.25) is 0 Å². The molecule has 2 rings (SSSR count). The zero-order valence-electron chi connectivity index (χ0n) is 11.1. The van der Waals surface area contributed by atoms with Crippen LogP contribution in [0, 0.1) is 0 Å². The third-order valence-electron chi connectivity index (χ3n) is 3.39. The van der Waals surface area contributed by atoms with E-state index in [2.05, 4.69) is 26.0 Å². The molecule has 0 unspecified atom stereocenters. The van der Waals surface area contributed by atoms with Crippen LogP contribution in [0.25, 0.3) is 5.57 Å². The summed E-state index contributed by atoms with van der Waals surface area (Å²) in [4.78, 5) is 11.7. The van der Waals surface area contributed by atoms with Crippen LogP contribution < -0.4 is 0 Å². The zero-order valence-corrected chi connectivity index (χ0v) is 11.1. The summed E-state index contributed by atoms with van der Waals surface area (Å²) >= 11 is 0. The Morgan fingerprint density at radius 2 is 1.94 bits per heavy atom. The maximum absolute atomic E-state index is 11.7. The molecule has 0 saturated carbocycles. The molecule has 96 valence electrons. The predicted molar refractivity (Wildman–Crippen MR) is 73.1 cm³/mol. The highest BCUT2D eigenvalue weighted by molar-refractivity contribution is 6.03. The van der Waals surface area contributed by atoms with Gasteiger partial charge in [0.15, 0.2) is 0 Å². The van der Waals surface area contributed by atoms with Crippen molar-refractivity contribution in [2.75, 3.05) is 0 Å².